The number of pyridine rings is 2. The van der Waals surface area contributed by atoms with Crippen LogP contribution in [-0.4, -0.2) is 9.97 Å². The first-order valence-corrected chi connectivity index (χ1v) is 8.20. The van der Waals surface area contributed by atoms with Gasteiger partial charge in [0.1, 0.15) is 0 Å². The molecule has 2 aromatic heterocycles. The van der Waals surface area contributed by atoms with Crippen LogP contribution < -0.4 is 10.9 Å². The van der Waals surface area contributed by atoms with Crippen LogP contribution in [0.4, 0.5) is 0 Å². The van der Waals surface area contributed by atoms with Crippen molar-refractivity contribution in [2.75, 3.05) is 0 Å². The van der Waals surface area contributed by atoms with Crippen LogP contribution in [0.3, 0.4) is 0 Å². The molecule has 0 spiro atoms. The summed E-state index contributed by atoms with van der Waals surface area (Å²) in [5.41, 5.74) is 1.69. The van der Waals surface area contributed by atoms with Gasteiger partial charge in [-0.25, -0.2) is 4.98 Å². The van der Waals surface area contributed by atoms with E-state index in [-0.39, 0.29) is 5.56 Å². The normalized spacial score (nSPS) is 12.4. The van der Waals surface area contributed by atoms with Crippen LogP contribution in [0, 0.1) is 0 Å². The van der Waals surface area contributed by atoms with E-state index in [1.165, 1.54) is 0 Å². The van der Waals surface area contributed by atoms with Crippen LogP contribution in [0.1, 0.15) is 5.69 Å². The molecule has 3 heteroatoms. The third-order valence-electron chi connectivity index (χ3n) is 4.60. The molecule has 0 unspecified atom stereocenters. The van der Waals surface area contributed by atoms with E-state index >= 15 is 0 Å². The third kappa shape index (κ3) is 2.21. The molecule has 25 heavy (non-hydrogen) atoms. The van der Waals surface area contributed by atoms with Gasteiger partial charge in [0.05, 0.1) is 16.6 Å². The standard InChI is InChI=1S/C22H14N2O/c25-22-18-9-4-7-15-6-3-8-17(21(15)18)20(24-22)13-16-12-11-14-5-1-2-10-19(14)23-16/h1-13H,(H,24,25)/b20-13-. The lowest BCUT2D eigenvalue weighted by atomic mass is 10.0. The van der Waals surface area contributed by atoms with E-state index < -0.39 is 0 Å². The van der Waals surface area contributed by atoms with Crippen LogP contribution >= 0.6 is 0 Å². The first-order valence-electron chi connectivity index (χ1n) is 8.20. The second-order valence-electron chi connectivity index (χ2n) is 6.15. The van der Waals surface area contributed by atoms with Crippen molar-refractivity contribution in [3.8, 4) is 0 Å². The number of nitrogens with one attached hydrogen (secondary N) is 1. The topological polar surface area (TPSA) is 45.8 Å². The van der Waals surface area contributed by atoms with Crippen molar-refractivity contribution in [2.24, 2.45) is 0 Å². The molecule has 0 radical (unpaired) electrons. The molecule has 0 atom stereocenters. The van der Waals surface area contributed by atoms with E-state index in [0.29, 0.717) is 0 Å². The number of benzene rings is 3. The van der Waals surface area contributed by atoms with E-state index in [1.807, 2.05) is 78.9 Å². The van der Waals surface area contributed by atoms with Crippen LogP contribution in [0.5, 0.6) is 0 Å². The summed E-state index contributed by atoms with van der Waals surface area (Å²) in [5, 5.41) is 5.71. The summed E-state index contributed by atoms with van der Waals surface area (Å²) in [6.45, 7) is 0. The maximum atomic E-state index is 12.5. The summed E-state index contributed by atoms with van der Waals surface area (Å²) in [6.07, 6.45) is 1.94. The van der Waals surface area contributed by atoms with Crippen molar-refractivity contribution >= 4 is 38.5 Å². The molecule has 0 fully saturated rings. The number of aromatic nitrogens is 2. The van der Waals surface area contributed by atoms with Crippen molar-refractivity contribution in [2.45, 2.75) is 0 Å². The largest absolute Gasteiger partial charge is 0.321 e. The minimum absolute atomic E-state index is 0.0728. The summed E-state index contributed by atoms with van der Waals surface area (Å²) in [7, 11) is 0. The molecule has 0 bridgehead atoms. The van der Waals surface area contributed by atoms with E-state index in [9.17, 15) is 4.79 Å². The molecule has 5 aromatic rings. The second-order valence-corrected chi connectivity index (χ2v) is 6.15. The van der Waals surface area contributed by atoms with Gasteiger partial charge in [0.15, 0.2) is 0 Å². The molecule has 5 rings (SSSR count). The Morgan fingerprint density at radius 3 is 2.40 bits per heavy atom. The number of hydrogen-bond donors (Lipinski definition) is 1. The van der Waals surface area contributed by atoms with Gasteiger partial charge < -0.3 is 4.98 Å². The summed E-state index contributed by atoms with van der Waals surface area (Å²) in [4.78, 5) is 20.2. The lowest BCUT2D eigenvalue weighted by molar-refractivity contribution is 1.22. The summed E-state index contributed by atoms with van der Waals surface area (Å²) >= 11 is 0. The van der Waals surface area contributed by atoms with Crippen molar-refractivity contribution in [3.05, 3.63) is 94.2 Å². The van der Waals surface area contributed by atoms with Gasteiger partial charge in [-0.2, -0.15) is 0 Å². The molecular weight excluding hydrogens is 308 g/mol. The predicted octanol–water partition coefficient (Wildman–Crippen LogP) is 3.78. The minimum Gasteiger partial charge on any atom is -0.321 e. The number of H-pyrrole nitrogens is 1. The number of nitrogens with zero attached hydrogens (tertiary/aromatic N) is 1. The zero-order chi connectivity index (χ0) is 16.8. The molecule has 0 aliphatic rings. The lowest BCUT2D eigenvalue weighted by Crippen LogP contribution is -2.21. The van der Waals surface area contributed by atoms with Crippen molar-refractivity contribution in [1.82, 2.24) is 9.97 Å². The Balaban J connectivity index is 1.86. The molecule has 0 aliphatic heterocycles. The fraction of sp³-hybridized carbons (Fsp3) is 0. The number of hydrogen-bond acceptors (Lipinski definition) is 2. The van der Waals surface area contributed by atoms with E-state index in [0.717, 1.165) is 43.5 Å². The zero-order valence-corrected chi connectivity index (χ0v) is 13.4. The maximum Gasteiger partial charge on any atom is 0.256 e. The Kier molecular flexibility index (Phi) is 2.94. The van der Waals surface area contributed by atoms with Crippen molar-refractivity contribution in [3.63, 3.8) is 0 Å². The van der Waals surface area contributed by atoms with Crippen LogP contribution in [-0.2, 0) is 0 Å². The molecule has 0 saturated heterocycles. The Morgan fingerprint density at radius 1 is 0.760 bits per heavy atom. The Hall–Kier alpha value is -3.46. The van der Waals surface area contributed by atoms with E-state index in [4.69, 9.17) is 0 Å². The average molecular weight is 322 g/mol. The monoisotopic (exact) mass is 322 g/mol. The molecule has 0 aliphatic carbocycles. The van der Waals surface area contributed by atoms with E-state index in [1.54, 1.807) is 0 Å². The molecule has 0 saturated carbocycles. The fourth-order valence-electron chi connectivity index (χ4n) is 3.44. The predicted molar refractivity (Wildman–Crippen MR) is 103 cm³/mol. The fourth-order valence-corrected chi connectivity index (χ4v) is 3.44. The first kappa shape index (κ1) is 13.9. The third-order valence-corrected chi connectivity index (χ3v) is 4.60. The quantitative estimate of drug-likeness (QED) is 0.510. The first-order chi connectivity index (χ1) is 12.3. The van der Waals surface area contributed by atoms with Gasteiger partial charge >= 0.3 is 0 Å². The highest BCUT2D eigenvalue weighted by atomic mass is 16.1. The van der Waals surface area contributed by atoms with Gasteiger partial charge in [-0.05, 0) is 29.7 Å². The van der Waals surface area contributed by atoms with Crippen LogP contribution in [0.25, 0.3) is 38.5 Å². The van der Waals surface area contributed by atoms with Crippen LogP contribution in [0.2, 0.25) is 0 Å². The van der Waals surface area contributed by atoms with Gasteiger partial charge in [0.25, 0.3) is 5.56 Å². The molecule has 3 nitrogen and oxygen atoms in total. The highest BCUT2D eigenvalue weighted by Gasteiger charge is 2.06. The molecule has 3 aromatic carbocycles. The Morgan fingerprint density at radius 2 is 1.52 bits per heavy atom. The van der Waals surface area contributed by atoms with Crippen LogP contribution in [0.15, 0.2) is 77.6 Å². The molecular formula is C22H14N2O. The molecule has 2 heterocycles. The highest BCUT2D eigenvalue weighted by molar-refractivity contribution is 6.09. The van der Waals surface area contributed by atoms with Gasteiger partial charge in [-0.3, -0.25) is 4.79 Å². The van der Waals surface area contributed by atoms with Crippen molar-refractivity contribution < 1.29 is 0 Å². The SMILES string of the molecule is O=c1[nH]/c(=C\c2ccc3ccccc3n2)c2cccc3cccc1c32. The van der Waals surface area contributed by atoms with Gasteiger partial charge in [-0.1, -0.05) is 54.6 Å². The number of aromatic amines is 1. The molecule has 1 N–H and O–H groups in total. The number of para-hydroxylation sites is 1. The minimum atomic E-state index is -0.0728. The smallest absolute Gasteiger partial charge is 0.256 e. The Bertz CT molecular complexity index is 1360. The number of rotatable bonds is 1. The zero-order valence-electron chi connectivity index (χ0n) is 13.4. The summed E-state index contributed by atoms with van der Waals surface area (Å²) in [5.74, 6) is 0. The van der Waals surface area contributed by atoms with E-state index in [2.05, 4.69) is 9.97 Å². The maximum absolute atomic E-state index is 12.5. The Labute approximate surface area is 143 Å². The average Bonchev–Trinajstić information content (AvgIpc) is 2.65. The lowest BCUT2D eigenvalue weighted by Gasteiger charge is -2.05. The van der Waals surface area contributed by atoms with Gasteiger partial charge in [-0.15, -0.1) is 0 Å². The van der Waals surface area contributed by atoms with Crippen molar-refractivity contribution in [1.29, 1.82) is 0 Å². The summed E-state index contributed by atoms with van der Waals surface area (Å²) in [6, 6.07) is 23.9. The second kappa shape index (κ2) is 5.28. The van der Waals surface area contributed by atoms with Gasteiger partial charge in [0, 0.05) is 21.5 Å². The number of fused-ring (bicyclic) bond motifs is 1. The highest BCUT2D eigenvalue weighted by Crippen LogP contribution is 2.21. The summed E-state index contributed by atoms with van der Waals surface area (Å²) < 4.78 is 0. The van der Waals surface area contributed by atoms with Gasteiger partial charge in [0.2, 0.25) is 0 Å². The molecule has 0 amide bonds. The molecule has 118 valence electrons.